The van der Waals surface area contributed by atoms with E-state index in [1.54, 1.807) is 37.4 Å². The summed E-state index contributed by atoms with van der Waals surface area (Å²) < 4.78 is 5.66. The van der Waals surface area contributed by atoms with Crippen molar-refractivity contribution in [3.8, 4) is 5.75 Å². The first kappa shape index (κ1) is 17.0. The lowest BCUT2D eigenvalue weighted by Crippen LogP contribution is -2.29. The van der Waals surface area contributed by atoms with Gasteiger partial charge < -0.3 is 15.4 Å². The third kappa shape index (κ3) is 5.10. The van der Waals surface area contributed by atoms with E-state index < -0.39 is 0 Å². The van der Waals surface area contributed by atoms with Crippen LogP contribution < -0.4 is 15.4 Å². The number of benzene rings is 1. The SMILES string of the molecule is Cc1nccc(CNC(=O)Nc2cccc(Cl)c2OC(C)C)n1. The number of carbonyl (C=O) groups excluding carboxylic acids is 1. The van der Waals surface area contributed by atoms with Crippen molar-refractivity contribution in [2.24, 2.45) is 0 Å². The molecule has 2 aromatic rings. The number of amides is 2. The average molecular weight is 335 g/mol. The minimum atomic E-state index is -0.364. The summed E-state index contributed by atoms with van der Waals surface area (Å²) in [5, 5.41) is 5.92. The van der Waals surface area contributed by atoms with Crippen molar-refractivity contribution >= 4 is 23.3 Å². The maximum Gasteiger partial charge on any atom is 0.319 e. The van der Waals surface area contributed by atoms with Gasteiger partial charge in [0, 0.05) is 6.20 Å². The lowest BCUT2D eigenvalue weighted by Gasteiger charge is -2.16. The minimum Gasteiger partial charge on any atom is -0.487 e. The molecule has 2 rings (SSSR count). The number of hydrogen-bond acceptors (Lipinski definition) is 4. The third-order valence-electron chi connectivity index (χ3n) is 2.83. The van der Waals surface area contributed by atoms with Crippen molar-refractivity contribution in [1.29, 1.82) is 0 Å². The Morgan fingerprint density at radius 2 is 2.13 bits per heavy atom. The van der Waals surface area contributed by atoms with Crippen LogP contribution in [0.3, 0.4) is 0 Å². The third-order valence-corrected chi connectivity index (χ3v) is 3.13. The van der Waals surface area contributed by atoms with Gasteiger partial charge in [-0.1, -0.05) is 17.7 Å². The molecule has 0 radical (unpaired) electrons. The molecule has 0 saturated heterocycles. The van der Waals surface area contributed by atoms with Gasteiger partial charge in [-0.15, -0.1) is 0 Å². The van der Waals surface area contributed by atoms with Crippen LogP contribution in [0.4, 0.5) is 10.5 Å². The molecule has 0 aliphatic carbocycles. The number of rotatable bonds is 5. The number of urea groups is 1. The highest BCUT2D eigenvalue weighted by atomic mass is 35.5. The minimum absolute atomic E-state index is 0.0532. The number of halogens is 1. The Morgan fingerprint density at radius 1 is 1.35 bits per heavy atom. The Bertz CT molecular complexity index is 692. The maximum absolute atomic E-state index is 12.1. The molecular weight excluding hydrogens is 316 g/mol. The molecule has 0 unspecified atom stereocenters. The predicted octanol–water partition coefficient (Wildman–Crippen LogP) is 3.55. The lowest BCUT2D eigenvalue weighted by atomic mass is 10.3. The zero-order valence-corrected chi connectivity index (χ0v) is 14.0. The number of para-hydroxylation sites is 1. The van der Waals surface area contributed by atoms with Crippen LogP contribution in [0.2, 0.25) is 5.02 Å². The van der Waals surface area contributed by atoms with E-state index >= 15 is 0 Å². The largest absolute Gasteiger partial charge is 0.487 e. The van der Waals surface area contributed by atoms with Gasteiger partial charge in [-0.2, -0.15) is 0 Å². The van der Waals surface area contributed by atoms with Crippen LogP contribution in [0.5, 0.6) is 5.75 Å². The van der Waals surface area contributed by atoms with Crippen LogP contribution in [-0.4, -0.2) is 22.1 Å². The van der Waals surface area contributed by atoms with E-state index in [9.17, 15) is 4.79 Å². The van der Waals surface area contributed by atoms with E-state index in [1.807, 2.05) is 13.8 Å². The van der Waals surface area contributed by atoms with Gasteiger partial charge in [0.2, 0.25) is 0 Å². The smallest absolute Gasteiger partial charge is 0.319 e. The summed E-state index contributed by atoms with van der Waals surface area (Å²) in [7, 11) is 0. The van der Waals surface area contributed by atoms with Crippen LogP contribution in [0.25, 0.3) is 0 Å². The number of aryl methyl sites for hydroxylation is 1. The molecule has 0 aliphatic rings. The summed E-state index contributed by atoms with van der Waals surface area (Å²) >= 11 is 6.13. The molecule has 2 N–H and O–H groups in total. The molecule has 122 valence electrons. The Kier molecular flexibility index (Phi) is 5.76. The molecule has 0 atom stereocenters. The molecule has 1 aromatic heterocycles. The monoisotopic (exact) mass is 334 g/mol. The fourth-order valence-electron chi connectivity index (χ4n) is 1.90. The van der Waals surface area contributed by atoms with E-state index in [0.717, 1.165) is 5.69 Å². The van der Waals surface area contributed by atoms with Crippen LogP contribution in [0.1, 0.15) is 25.4 Å². The van der Waals surface area contributed by atoms with Crippen LogP contribution in [-0.2, 0) is 6.54 Å². The van der Waals surface area contributed by atoms with Gasteiger partial charge in [0.1, 0.15) is 5.82 Å². The van der Waals surface area contributed by atoms with Crippen molar-refractivity contribution < 1.29 is 9.53 Å². The standard InChI is InChI=1S/C16H19ClN4O2/c1-10(2)23-15-13(17)5-4-6-14(15)21-16(22)19-9-12-7-8-18-11(3)20-12/h4-8,10H,9H2,1-3H3,(H2,19,21,22). The highest BCUT2D eigenvalue weighted by Crippen LogP contribution is 2.33. The van der Waals surface area contributed by atoms with Gasteiger partial charge in [-0.3, -0.25) is 0 Å². The predicted molar refractivity (Wildman–Crippen MR) is 89.8 cm³/mol. The van der Waals surface area contributed by atoms with Crippen LogP contribution in [0.15, 0.2) is 30.5 Å². The number of nitrogens with zero attached hydrogens (tertiary/aromatic N) is 2. The van der Waals surface area contributed by atoms with Gasteiger partial charge in [0.25, 0.3) is 0 Å². The number of aromatic nitrogens is 2. The molecule has 0 saturated carbocycles. The molecule has 1 heterocycles. The zero-order valence-electron chi connectivity index (χ0n) is 13.3. The number of nitrogens with one attached hydrogen (secondary N) is 2. The number of hydrogen-bond donors (Lipinski definition) is 2. The molecule has 23 heavy (non-hydrogen) atoms. The Morgan fingerprint density at radius 3 is 2.83 bits per heavy atom. The molecule has 6 nitrogen and oxygen atoms in total. The Hall–Kier alpha value is -2.34. The normalized spacial score (nSPS) is 10.5. The fourth-order valence-corrected chi connectivity index (χ4v) is 2.12. The number of ether oxygens (including phenoxy) is 1. The lowest BCUT2D eigenvalue weighted by molar-refractivity contribution is 0.242. The summed E-state index contributed by atoms with van der Waals surface area (Å²) in [5.74, 6) is 1.12. The molecular formula is C16H19ClN4O2. The maximum atomic E-state index is 12.1. The van der Waals surface area contributed by atoms with Gasteiger partial charge in [-0.05, 0) is 39.0 Å². The van der Waals surface area contributed by atoms with Gasteiger partial charge in [-0.25, -0.2) is 14.8 Å². The van der Waals surface area contributed by atoms with Crippen molar-refractivity contribution in [2.75, 3.05) is 5.32 Å². The molecule has 2 amide bonds. The highest BCUT2D eigenvalue weighted by Gasteiger charge is 2.12. The van der Waals surface area contributed by atoms with E-state index in [4.69, 9.17) is 16.3 Å². The Balaban J connectivity index is 2.01. The average Bonchev–Trinajstić information content (AvgIpc) is 2.48. The second-order valence-corrected chi connectivity index (χ2v) is 5.59. The number of anilines is 1. The van der Waals surface area contributed by atoms with E-state index in [2.05, 4.69) is 20.6 Å². The van der Waals surface area contributed by atoms with Gasteiger partial charge in [0.15, 0.2) is 5.75 Å². The molecule has 0 fully saturated rings. The second-order valence-electron chi connectivity index (χ2n) is 5.19. The highest BCUT2D eigenvalue weighted by molar-refractivity contribution is 6.32. The summed E-state index contributed by atoms with van der Waals surface area (Å²) in [6.45, 7) is 5.89. The summed E-state index contributed by atoms with van der Waals surface area (Å²) in [6, 6.07) is 6.58. The molecule has 1 aromatic carbocycles. The summed E-state index contributed by atoms with van der Waals surface area (Å²) in [5.41, 5.74) is 1.25. The van der Waals surface area contributed by atoms with Gasteiger partial charge >= 0.3 is 6.03 Å². The first-order valence-corrected chi connectivity index (χ1v) is 7.62. The fraction of sp³-hybridized carbons (Fsp3) is 0.312. The first-order valence-electron chi connectivity index (χ1n) is 7.24. The summed E-state index contributed by atoms with van der Waals surface area (Å²) in [4.78, 5) is 20.3. The molecule has 0 bridgehead atoms. The van der Waals surface area contributed by atoms with Crippen molar-refractivity contribution in [2.45, 2.75) is 33.4 Å². The van der Waals surface area contributed by atoms with Crippen molar-refractivity contribution in [3.63, 3.8) is 0 Å². The van der Waals surface area contributed by atoms with Crippen LogP contribution >= 0.6 is 11.6 Å². The van der Waals surface area contributed by atoms with E-state index in [-0.39, 0.29) is 12.1 Å². The van der Waals surface area contributed by atoms with Gasteiger partial charge in [0.05, 0.1) is 29.1 Å². The molecule has 7 heteroatoms. The van der Waals surface area contributed by atoms with Crippen molar-refractivity contribution in [3.05, 3.63) is 47.0 Å². The number of carbonyl (C=O) groups is 1. The van der Waals surface area contributed by atoms with E-state index in [1.165, 1.54) is 0 Å². The second kappa shape index (κ2) is 7.78. The zero-order chi connectivity index (χ0) is 16.8. The topological polar surface area (TPSA) is 76.1 Å². The molecule has 0 aliphatic heterocycles. The molecule has 0 spiro atoms. The van der Waals surface area contributed by atoms with Crippen molar-refractivity contribution in [1.82, 2.24) is 15.3 Å². The summed E-state index contributed by atoms with van der Waals surface area (Å²) in [6.07, 6.45) is 1.60. The van der Waals surface area contributed by atoms with Crippen LogP contribution in [0, 0.1) is 6.92 Å². The quantitative estimate of drug-likeness (QED) is 0.876. The van der Waals surface area contributed by atoms with E-state index in [0.29, 0.717) is 28.8 Å². The Labute approximate surface area is 140 Å². The first-order chi connectivity index (χ1) is 11.0.